The monoisotopic (exact) mass is 361 g/mol. The first-order valence-corrected chi connectivity index (χ1v) is 7.73. The van der Waals surface area contributed by atoms with Crippen LogP contribution in [0.3, 0.4) is 0 Å². The zero-order valence-corrected chi connectivity index (χ0v) is 13.2. The molecule has 2 amide bonds. The number of halogens is 3. The van der Waals surface area contributed by atoms with E-state index in [1.54, 1.807) is 0 Å². The second-order valence-electron chi connectivity index (χ2n) is 5.81. The van der Waals surface area contributed by atoms with Gasteiger partial charge in [0.05, 0.1) is 11.0 Å². The lowest BCUT2D eigenvalue weighted by atomic mass is 9.93. The van der Waals surface area contributed by atoms with Crippen molar-refractivity contribution in [2.24, 2.45) is 0 Å². The van der Waals surface area contributed by atoms with E-state index >= 15 is 0 Å². The van der Waals surface area contributed by atoms with E-state index in [2.05, 4.69) is 10.6 Å². The van der Waals surface area contributed by atoms with Crippen LogP contribution < -0.4 is 10.6 Å². The van der Waals surface area contributed by atoms with Crippen LogP contribution in [0.2, 0.25) is 0 Å². The number of rotatable bonds is 5. The van der Waals surface area contributed by atoms with Gasteiger partial charge in [0.25, 0.3) is 5.69 Å². The largest absolute Gasteiger partial charge is 0.411 e. The maximum Gasteiger partial charge on any atom is 0.411 e. The Morgan fingerprint density at radius 2 is 1.96 bits per heavy atom. The van der Waals surface area contributed by atoms with Crippen LogP contribution >= 0.6 is 0 Å². The van der Waals surface area contributed by atoms with Crippen molar-refractivity contribution < 1.29 is 27.6 Å². The van der Waals surface area contributed by atoms with Crippen LogP contribution in [-0.4, -0.2) is 35.9 Å². The number of carbonyl (C=O) groups excluding carboxylic acids is 1. The number of nitro groups is 1. The smallest absolute Gasteiger partial charge is 0.369 e. The lowest BCUT2D eigenvalue weighted by molar-refractivity contribution is -0.384. The third kappa shape index (κ3) is 6.57. The number of urea groups is 1. The van der Waals surface area contributed by atoms with Crippen molar-refractivity contribution in [1.29, 1.82) is 0 Å². The van der Waals surface area contributed by atoms with Crippen LogP contribution in [0.25, 0.3) is 0 Å². The molecule has 0 heterocycles. The summed E-state index contributed by atoms with van der Waals surface area (Å²) in [4.78, 5) is 22.0. The molecule has 2 N–H and O–H groups in total. The number of nitrogens with one attached hydrogen (secondary N) is 2. The lowest BCUT2D eigenvalue weighted by Crippen LogP contribution is -2.43. The van der Waals surface area contributed by atoms with Gasteiger partial charge in [-0.15, -0.1) is 0 Å². The van der Waals surface area contributed by atoms with Crippen molar-refractivity contribution >= 4 is 17.4 Å². The standard InChI is InChI=1S/C15H18F3N3O4/c16-15(17,18)9-25-13-3-1-2-11(8-13)20-14(22)19-10-4-6-12(7-5-10)21(23)24/h4-7,11,13H,1-3,8-9H2,(H2,19,20,22)/t11-,13+/m0/s1. The highest BCUT2D eigenvalue weighted by Crippen LogP contribution is 2.24. The molecular weight excluding hydrogens is 343 g/mol. The highest BCUT2D eigenvalue weighted by molar-refractivity contribution is 5.89. The molecule has 0 aromatic heterocycles. The molecule has 0 bridgehead atoms. The van der Waals surface area contributed by atoms with Gasteiger partial charge in [0.2, 0.25) is 0 Å². The number of anilines is 1. The summed E-state index contributed by atoms with van der Waals surface area (Å²) in [5.74, 6) is 0. The summed E-state index contributed by atoms with van der Waals surface area (Å²) in [7, 11) is 0. The van der Waals surface area contributed by atoms with Gasteiger partial charge in [-0.05, 0) is 37.8 Å². The predicted octanol–water partition coefficient (Wildman–Crippen LogP) is 3.61. The molecule has 1 aromatic carbocycles. The number of alkyl halides is 3. The molecule has 0 aliphatic heterocycles. The number of nitro benzene ring substituents is 1. The van der Waals surface area contributed by atoms with Crippen LogP contribution in [0.15, 0.2) is 24.3 Å². The summed E-state index contributed by atoms with van der Waals surface area (Å²) in [5.41, 5.74) is 0.284. The highest BCUT2D eigenvalue weighted by Gasteiger charge is 2.31. The SMILES string of the molecule is O=C(Nc1ccc([N+](=O)[O-])cc1)N[C@H]1CCC[C@@H](OCC(F)(F)F)C1. The molecule has 1 aliphatic rings. The molecule has 0 spiro atoms. The summed E-state index contributed by atoms with van der Waals surface area (Å²) >= 11 is 0. The van der Waals surface area contributed by atoms with Crippen molar-refractivity contribution in [3.05, 3.63) is 34.4 Å². The quantitative estimate of drug-likeness (QED) is 0.619. The van der Waals surface area contributed by atoms with Crippen LogP contribution in [0.4, 0.5) is 29.3 Å². The Balaban J connectivity index is 1.80. The van der Waals surface area contributed by atoms with E-state index in [9.17, 15) is 28.1 Å². The van der Waals surface area contributed by atoms with Crippen molar-refractivity contribution in [3.8, 4) is 0 Å². The molecule has 1 saturated carbocycles. The first kappa shape index (κ1) is 19.0. The molecule has 7 nitrogen and oxygen atoms in total. The highest BCUT2D eigenvalue weighted by atomic mass is 19.4. The fraction of sp³-hybridized carbons (Fsp3) is 0.533. The van der Waals surface area contributed by atoms with Crippen LogP contribution in [-0.2, 0) is 4.74 Å². The Hall–Kier alpha value is -2.36. The van der Waals surface area contributed by atoms with Crippen molar-refractivity contribution in [2.75, 3.05) is 11.9 Å². The Morgan fingerprint density at radius 3 is 2.56 bits per heavy atom. The van der Waals surface area contributed by atoms with E-state index in [1.807, 2.05) is 0 Å². The van der Waals surface area contributed by atoms with Gasteiger partial charge in [0, 0.05) is 23.9 Å². The number of amides is 2. The lowest BCUT2D eigenvalue weighted by Gasteiger charge is -2.30. The summed E-state index contributed by atoms with van der Waals surface area (Å²) in [6.07, 6.45) is -2.76. The Labute approximate surface area is 141 Å². The topological polar surface area (TPSA) is 93.5 Å². The van der Waals surface area contributed by atoms with Crippen molar-refractivity contribution in [3.63, 3.8) is 0 Å². The van der Waals surface area contributed by atoms with E-state index in [-0.39, 0.29) is 11.7 Å². The van der Waals surface area contributed by atoms with Gasteiger partial charge in [0.1, 0.15) is 6.61 Å². The Bertz CT molecular complexity index is 607. The molecule has 0 unspecified atom stereocenters. The number of ether oxygens (including phenoxy) is 1. The fourth-order valence-corrected chi connectivity index (χ4v) is 2.66. The maximum atomic E-state index is 12.2. The predicted molar refractivity (Wildman–Crippen MR) is 83.3 cm³/mol. The van der Waals surface area contributed by atoms with E-state index in [0.29, 0.717) is 31.4 Å². The first-order valence-electron chi connectivity index (χ1n) is 7.73. The van der Waals surface area contributed by atoms with Crippen LogP contribution in [0, 0.1) is 10.1 Å². The zero-order chi connectivity index (χ0) is 18.4. The summed E-state index contributed by atoms with van der Waals surface area (Å²) in [6, 6.07) is 4.51. The normalized spacial score (nSPS) is 20.8. The first-order chi connectivity index (χ1) is 11.7. The average molecular weight is 361 g/mol. The van der Waals surface area contributed by atoms with E-state index < -0.39 is 29.8 Å². The van der Waals surface area contributed by atoms with Crippen LogP contribution in [0.1, 0.15) is 25.7 Å². The number of nitrogens with zero attached hydrogens (tertiary/aromatic N) is 1. The van der Waals surface area contributed by atoms with Gasteiger partial charge in [-0.3, -0.25) is 10.1 Å². The van der Waals surface area contributed by atoms with Gasteiger partial charge in [-0.1, -0.05) is 0 Å². The van der Waals surface area contributed by atoms with Crippen LogP contribution in [0.5, 0.6) is 0 Å². The van der Waals surface area contributed by atoms with Gasteiger partial charge in [-0.25, -0.2) is 4.79 Å². The molecule has 1 aliphatic carbocycles. The number of hydrogen-bond donors (Lipinski definition) is 2. The molecule has 0 saturated heterocycles. The summed E-state index contributed by atoms with van der Waals surface area (Å²) in [6.45, 7) is -1.29. The minimum atomic E-state index is -4.37. The Morgan fingerprint density at radius 1 is 1.28 bits per heavy atom. The van der Waals surface area contributed by atoms with E-state index in [4.69, 9.17) is 4.74 Å². The maximum absolute atomic E-state index is 12.2. The molecule has 2 atom stereocenters. The molecule has 25 heavy (non-hydrogen) atoms. The molecule has 1 fully saturated rings. The van der Waals surface area contributed by atoms with Gasteiger partial charge >= 0.3 is 12.2 Å². The van der Waals surface area contributed by atoms with Gasteiger partial charge < -0.3 is 15.4 Å². The summed E-state index contributed by atoms with van der Waals surface area (Å²) in [5, 5.41) is 15.8. The fourth-order valence-electron chi connectivity index (χ4n) is 2.66. The third-order valence-electron chi connectivity index (χ3n) is 3.78. The average Bonchev–Trinajstić information content (AvgIpc) is 2.53. The Kier molecular flexibility index (Phi) is 6.18. The second kappa shape index (κ2) is 8.15. The molecule has 138 valence electrons. The summed E-state index contributed by atoms with van der Waals surface area (Å²) < 4.78 is 41.4. The second-order valence-corrected chi connectivity index (χ2v) is 5.81. The number of non-ortho nitro benzene ring substituents is 1. The molecule has 10 heteroatoms. The zero-order valence-electron chi connectivity index (χ0n) is 13.2. The third-order valence-corrected chi connectivity index (χ3v) is 3.78. The number of carbonyl (C=O) groups is 1. The van der Waals surface area contributed by atoms with Crippen molar-refractivity contribution in [1.82, 2.24) is 5.32 Å². The minimum absolute atomic E-state index is 0.0945. The van der Waals surface area contributed by atoms with Crippen molar-refractivity contribution in [2.45, 2.75) is 44.0 Å². The number of benzene rings is 1. The molecule has 0 radical (unpaired) electrons. The molecule has 2 rings (SSSR count). The van der Waals surface area contributed by atoms with E-state index in [0.717, 1.165) is 0 Å². The minimum Gasteiger partial charge on any atom is -0.369 e. The van der Waals surface area contributed by atoms with E-state index in [1.165, 1.54) is 24.3 Å². The van der Waals surface area contributed by atoms with Gasteiger partial charge in [-0.2, -0.15) is 13.2 Å². The number of hydrogen-bond acceptors (Lipinski definition) is 4. The van der Waals surface area contributed by atoms with Gasteiger partial charge in [0.15, 0.2) is 0 Å². The molecule has 1 aromatic rings. The molecular formula is C15H18F3N3O4.